The molecule has 0 saturated carbocycles. The Labute approximate surface area is 107 Å². The standard InChI is InChI=1S/C15H17NO2/c1-11-6-13(8-16-7-11)10-18-15-12(2)4-3-5-14(15)9-17/h3-8,17H,9-10H2,1-2H3. The van der Waals surface area contributed by atoms with Gasteiger partial charge in [0.05, 0.1) is 6.61 Å². The van der Waals surface area contributed by atoms with Crippen LogP contribution in [0.15, 0.2) is 36.7 Å². The average molecular weight is 243 g/mol. The van der Waals surface area contributed by atoms with Crippen LogP contribution in [-0.4, -0.2) is 10.1 Å². The fourth-order valence-electron chi connectivity index (χ4n) is 1.90. The average Bonchev–Trinajstić information content (AvgIpc) is 2.37. The van der Waals surface area contributed by atoms with Crippen LogP contribution in [0.4, 0.5) is 0 Å². The number of hydrogen-bond acceptors (Lipinski definition) is 3. The highest BCUT2D eigenvalue weighted by Crippen LogP contribution is 2.24. The molecular weight excluding hydrogens is 226 g/mol. The Morgan fingerprint density at radius 1 is 1.22 bits per heavy atom. The number of para-hydroxylation sites is 1. The summed E-state index contributed by atoms with van der Waals surface area (Å²) < 4.78 is 5.80. The first-order chi connectivity index (χ1) is 8.70. The van der Waals surface area contributed by atoms with Gasteiger partial charge in [-0.05, 0) is 31.0 Å². The molecule has 0 bridgehead atoms. The molecule has 1 N–H and O–H groups in total. The smallest absolute Gasteiger partial charge is 0.128 e. The number of benzene rings is 1. The number of pyridine rings is 1. The molecule has 0 unspecified atom stereocenters. The van der Waals surface area contributed by atoms with Crippen molar-refractivity contribution in [3.05, 3.63) is 58.9 Å². The van der Waals surface area contributed by atoms with Crippen molar-refractivity contribution < 1.29 is 9.84 Å². The van der Waals surface area contributed by atoms with Crippen molar-refractivity contribution >= 4 is 0 Å². The molecule has 3 nitrogen and oxygen atoms in total. The normalized spacial score (nSPS) is 10.4. The largest absolute Gasteiger partial charge is 0.488 e. The van der Waals surface area contributed by atoms with Crippen LogP contribution >= 0.6 is 0 Å². The Kier molecular flexibility index (Phi) is 3.95. The summed E-state index contributed by atoms with van der Waals surface area (Å²) in [5, 5.41) is 9.29. The van der Waals surface area contributed by atoms with Crippen molar-refractivity contribution in [1.29, 1.82) is 0 Å². The highest BCUT2D eigenvalue weighted by molar-refractivity contribution is 5.40. The third-order valence-corrected chi connectivity index (χ3v) is 2.78. The van der Waals surface area contributed by atoms with Crippen LogP contribution in [0, 0.1) is 13.8 Å². The van der Waals surface area contributed by atoms with Gasteiger partial charge in [-0.2, -0.15) is 0 Å². The van der Waals surface area contributed by atoms with Crippen molar-refractivity contribution in [2.24, 2.45) is 0 Å². The van der Waals surface area contributed by atoms with Crippen molar-refractivity contribution in [2.45, 2.75) is 27.1 Å². The molecule has 3 heteroatoms. The van der Waals surface area contributed by atoms with Gasteiger partial charge in [-0.1, -0.05) is 18.2 Å². The summed E-state index contributed by atoms with van der Waals surface area (Å²) >= 11 is 0. The van der Waals surface area contributed by atoms with E-state index in [1.807, 2.05) is 44.3 Å². The van der Waals surface area contributed by atoms with Crippen molar-refractivity contribution in [1.82, 2.24) is 4.98 Å². The molecule has 2 rings (SSSR count). The van der Waals surface area contributed by atoms with Gasteiger partial charge in [0, 0.05) is 23.5 Å². The SMILES string of the molecule is Cc1cncc(COc2c(C)cccc2CO)c1. The van der Waals surface area contributed by atoms with Gasteiger partial charge >= 0.3 is 0 Å². The van der Waals surface area contributed by atoms with E-state index in [0.29, 0.717) is 6.61 Å². The third kappa shape index (κ3) is 2.87. The maximum Gasteiger partial charge on any atom is 0.128 e. The number of ether oxygens (including phenoxy) is 1. The monoisotopic (exact) mass is 243 g/mol. The van der Waals surface area contributed by atoms with Gasteiger partial charge in [0.2, 0.25) is 0 Å². The zero-order valence-corrected chi connectivity index (χ0v) is 10.7. The summed E-state index contributed by atoms with van der Waals surface area (Å²) in [5.74, 6) is 0.765. The highest BCUT2D eigenvalue weighted by Gasteiger charge is 2.06. The van der Waals surface area contributed by atoms with Crippen molar-refractivity contribution in [3.8, 4) is 5.75 Å². The molecule has 1 aromatic heterocycles. The predicted octanol–water partition coefficient (Wildman–Crippen LogP) is 2.77. The van der Waals surface area contributed by atoms with Crippen LogP contribution in [0.2, 0.25) is 0 Å². The van der Waals surface area contributed by atoms with Gasteiger partial charge in [0.15, 0.2) is 0 Å². The van der Waals surface area contributed by atoms with Crippen LogP contribution in [0.3, 0.4) is 0 Å². The Bertz CT molecular complexity index is 538. The van der Waals surface area contributed by atoms with Crippen molar-refractivity contribution in [2.75, 3.05) is 0 Å². The van der Waals surface area contributed by atoms with Gasteiger partial charge in [-0.3, -0.25) is 4.98 Å². The second kappa shape index (κ2) is 5.65. The predicted molar refractivity (Wildman–Crippen MR) is 70.4 cm³/mol. The molecule has 0 saturated heterocycles. The van der Waals surface area contributed by atoms with Gasteiger partial charge < -0.3 is 9.84 Å². The number of aryl methyl sites for hydroxylation is 2. The van der Waals surface area contributed by atoms with Crippen LogP contribution in [0.25, 0.3) is 0 Å². The fourth-order valence-corrected chi connectivity index (χ4v) is 1.90. The number of nitrogens with zero attached hydrogens (tertiary/aromatic N) is 1. The van der Waals surface area contributed by atoms with Gasteiger partial charge in [0.1, 0.15) is 12.4 Å². The number of aliphatic hydroxyl groups excluding tert-OH is 1. The first-order valence-electron chi connectivity index (χ1n) is 5.93. The molecule has 0 aliphatic carbocycles. The molecule has 0 aliphatic heterocycles. The molecule has 94 valence electrons. The molecule has 18 heavy (non-hydrogen) atoms. The molecule has 0 spiro atoms. The van der Waals surface area contributed by atoms with Crippen LogP contribution in [-0.2, 0) is 13.2 Å². The highest BCUT2D eigenvalue weighted by atomic mass is 16.5. The van der Waals surface area contributed by atoms with E-state index < -0.39 is 0 Å². The summed E-state index contributed by atoms with van der Waals surface area (Å²) in [4.78, 5) is 4.13. The molecule has 0 aliphatic rings. The number of hydrogen-bond donors (Lipinski definition) is 1. The summed E-state index contributed by atoms with van der Waals surface area (Å²) in [6.45, 7) is 4.43. The van der Waals surface area contributed by atoms with E-state index in [9.17, 15) is 5.11 Å². The zero-order valence-electron chi connectivity index (χ0n) is 10.7. The van der Waals surface area contributed by atoms with E-state index >= 15 is 0 Å². The molecule has 0 fully saturated rings. The third-order valence-electron chi connectivity index (χ3n) is 2.78. The Balaban J connectivity index is 2.15. The Morgan fingerprint density at radius 2 is 2.06 bits per heavy atom. The summed E-state index contributed by atoms with van der Waals surface area (Å²) in [6, 6.07) is 7.81. The van der Waals surface area contributed by atoms with Gasteiger partial charge in [-0.25, -0.2) is 0 Å². The van der Waals surface area contributed by atoms with E-state index in [1.54, 1.807) is 6.20 Å². The Hall–Kier alpha value is -1.87. The first kappa shape index (κ1) is 12.6. The minimum atomic E-state index is -0.0108. The second-order valence-corrected chi connectivity index (χ2v) is 4.38. The van der Waals surface area contributed by atoms with Crippen molar-refractivity contribution in [3.63, 3.8) is 0 Å². The molecule has 0 amide bonds. The van der Waals surface area contributed by atoms with Gasteiger partial charge in [-0.15, -0.1) is 0 Å². The van der Waals surface area contributed by atoms with Crippen LogP contribution in [0.5, 0.6) is 5.75 Å². The van der Waals surface area contributed by atoms with Crippen LogP contribution in [0.1, 0.15) is 22.3 Å². The molecule has 1 aromatic carbocycles. The number of aromatic nitrogens is 1. The second-order valence-electron chi connectivity index (χ2n) is 4.38. The van der Waals surface area contributed by atoms with E-state index in [2.05, 4.69) is 4.98 Å². The number of rotatable bonds is 4. The summed E-state index contributed by atoms with van der Waals surface area (Å²) in [7, 11) is 0. The van der Waals surface area contributed by atoms with Gasteiger partial charge in [0.25, 0.3) is 0 Å². The summed E-state index contributed by atoms with van der Waals surface area (Å²) in [6.07, 6.45) is 3.61. The maximum atomic E-state index is 9.29. The molecular formula is C15H17NO2. The molecule has 2 aromatic rings. The minimum absolute atomic E-state index is 0.0108. The topological polar surface area (TPSA) is 42.4 Å². The van der Waals surface area contributed by atoms with E-state index in [1.165, 1.54) is 0 Å². The lowest BCUT2D eigenvalue weighted by atomic mass is 10.1. The molecule has 0 atom stereocenters. The quantitative estimate of drug-likeness (QED) is 0.897. The lowest BCUT2D eigenvalue weighted by Crippen LogP contribution is -2.01. The lowest BCUT2D eigenvalue weighted by Gasteiger charge is -2.13. The lowest BCUT2D eigenvalue weighted by molar-refractivity contribution is 0.258. The Morgan fingerprint density at radius 3 is 2.78 bits per heavy atom. The molecule has 0 radical (unpaired) electrons. The van der Waals surface area contributed by atoms with E-state index in [0.717, 1.165) is 28.0 Å². The first-order valence-corrected chi connectivity index (χ1v) is 5.93. The molecule has 1 heterocycles. The minimum Gasteiger partial charge on any atom is -0.488 e. The fraction of sp³-hybridized carbons (Fsp3) is 0.267. The summed E-state index contributed by atoms with van der Waals surface area (Å²) in [5.41, 5.74) is 3.99. The zero-order chi connectivity index (χ0) is 13.0. The van der Waals surface area contributed by atoms with E-state index in [-0.39, 0.29) is 6.61 Å². The van der Waals surface area contributed by atoms with Crippen LogP contribution < -0.4 is 4.74 Å². The van der Waals surface area contributed by atoms with E-state index in [4.69, 9.17) is 4.74 Å². The maximum absolute atomic E-state index is 9.29. The number of aliphatic hydroxyl groups is 1.